The van der Waals surface area contributed by atoms with Gasteiger partial charge in [0.2, 0.25) is 0 Å². The summed E-state index contributed by atoms with van der Waals surface area (Å²) in [5, 5.41) is 9.79. The first-order chi connectivity index (χ1) is 5.69. The summed E-state index contributed by atoms with van der Waals surface area (Å²) in [5.41, 5.74) is -0.442. The van der Waals surface area contributed by atoms with Crippen LogP contribution < -0.4 is 0 Å². The van der Waals surface area contributed by atoms with E-state index in [2.05, 4.69) is 22.6 Å². The number of hydrogen-bond acceptors (Lipinski definition) is 3. The molecule has 0 amide bonds. The number of aliphatic hydroxyl groups excluding tert-OH is 1. The van der Waals surface area contributed by atoms with E-state index in [0.717, 1.165) is 10.8 Å². The summed E-state index contributed by atoms with van der Waals surface area (Å²) in [6, 6.07) is -0.461. The third-order valence-electron chi connectivity index (χ3n) is 2.61. The van der Waals surface area contributed by atoms with E-state index in [0.29, 0.717) is 6.61 Å². The summed E-state index contributed by atoms with van der Waals surface area (Å²) in [6.45, 7) is 0.637. The molecule has 0 saturated carbocycles. The van der Waals surface area contributed by atoms with Crippen molar-refractivity contribution in [1.29, 1.82) is 0 Å². The van der Waals surface area contributed by atoms with Crippen molar-refractivity contribution in [3.63, 3.8) is 0 Å². The van der Waals surface area contributed by atoms with Crippen molar-refractivity contribution in [1.82, 2.24) is 0 Å². The van der Waals surface area contributed by atoms with Gasteiger partial charge in [0.05, 0.1) is 6.61 Å². The second-order valence-corrected chi connectivity index (χ2v) is 4.07. The van der Waals surface area contributed by atoms with Gasteiger partial charge in [-0.2, -0.15) is 0 Å². The summed E-state index contributed by atoms with van der Waals surface area (Å²) in [4.78, 5) is 0. The molecule has 2 bridgehead atoms. The van der Waals surface area contributed by atoms with Gasteiger partial charge in [0.25, 0.3) is 0 Å². The molecule has 1 N–H and O–H groups in total. The maximum Gasteiger partial charge on any atom is 0.112 e. The van der Waals surface area contributed by atoms with Crippen LogP contribution in [0.3, 0.4) is 0 Å². The molecule has 3 nitrogen and oxygen atoms in total. The van der Waals surface area contributed by atoms with Crippen molar-refractivity contribution in [2.75, 3.05) is 11.0 Å². The number of hydrogen-bond donors (Lipinski definition) is 1. The molecule has 2 fully saturated rings. The predicted octanol–water partition coefficient (Wildman–Crippen LogP) is -0.165. The molecule has 0 aromatic rings. The minimum Gasteiger partial charge on any atom is -0.387 e. The standard InChI is InChI=1S/C7H10BIO3/c8-6-4-5(10)7(3-9,12-6)1-2-11-4/h4-6,10H,1-3H2/t4?,5?,6-,7-/m1/s1. The van der Waals surface area contributed by atoms with Gasteiger partial charge in [-0.1, -0.05) is 22.6 Å². The van der Waals surface area contributed by atoms with E-state index in [9.17, 15) is 5.11 Å². The monoisotopic (exact) mass is 280 g/mol. The Bertz CT molecular complexity index is 191. The Morgan fingerprint density at radius 1 is 1.67 bits per heavy atom. The Kier molecular flexibility index (Phi) is 2.40. The molecular weight excluding hydrogens is 270 g/mol. The highest BCUT2D eigenvalue weighted by Crippen LogP contribution is 2.39. The van der Waals surface area contributed by atoms with Crippen molar-refractivity contribution in [2.24, 2.45) is 0 Å². The molecule has 0 aromatic heterocycles. The third kappa shape index (κ3) is 1.13. The van der Waals surface area contributed by atoms with Crippen LogP contribution in [-0.2, 0) is 9.47 Å². The Morgan fingerprint density at radius 2 is 2.42 bits per heavy atom. The van der Waals surface area contributed by atoms with Crippen molar-refractivity contribution >= 4 is 30.4 Å². The maximum atomic E-state index is 9.79. The number of ether oxygens (including phenoxy) is 2. The zero-order valence-electron chi connectivity index (χ0n) is 6.57. The van der Waals surface area contributed by atoms with E-state index >= 15 is 0 Å². The first-order valence-electron chi connectivity index (χ1n) is 3.99. The summed E-state index contributed by atoms with van der Waals surface area (Å²) in [7, 11) is 5.66. The van der Waals surface area contributed by atoms with Crippen LogP contribution in [0.4, 0.5) is 0 Å². The van der Waals surface area contributed by atoms with E-state index in [4.69, 9.17) is 17.3 Å². The largest absolute Gasteiger partial charge is 0.387 e. The van der Waals surface area contributed by atoms with Crippen LogP contribution in [0.1, 0.15) is 6.42 Å². The Hall–Kier alpha value is 0.675. The van der Waals surface area contributed by atoms with Crippen molar-refractivity contribution in [3.8, 4) is 0 Å². The second kappa shape index (κ2) is 3.11. The lowest BCUT2D eigenvalue weighted by Crippen LogP contribution is -2.50. The lowest BCUT2D eigenvalue weighted by atomic mass is 9.87. The zero-order chi connectivity index (χ0) is 8.77. The van der Waals surface area contributed by atoms with Crippen LogP contribution >= 0.6 is 22.6 Å². The molecule has 2 aliphatic rings. The highest BCUT2D eigenvalue weighted by molar-refractivity contribution is 14.1. The van der Waals surface area contributed by atoms with Crippen molar-refractivity contribution in [2.45, 2.75) is 30.2 Å². The van der Waals surface area contributed by atoms with Gasteiger partial charge in [-0.3, -0.25) is 0 Å². The molecule has 66 valence electrons. The minimum atomic E-state index is -0.557. The molecule has 4 atom stereocenters. The second-order valence-electron chi connectivity index (χ2n) is 3.31. The predicted molar refractivity (Wildman–Crippen MR) is 52.6 cm³/mol. The SMILES string of the molecule is [B][C@@H]1O[C@@]2(CI)CCOC1C2O. The number of alkyl halides is 1. The lowest BCUT2D eigenvalue weighted by Gasteiger charge is -2.34. The van der Waals surface area contributed by atoms with Crippen LogP contribution in [0.25, 0.3) is 0 Å². The molecular formula is C7H10BIO3. The summed E-state index contributed by atoms with van der Waals surface area (Å²) < 4.78 is 11.6. The van der Waals surface area contributed by atoms with Crippen molar-refractivity contribution < 1.29 is 14.6 Å². The minimum absolute atomic E-state index is 0.325. The molecule has 2 rings (SSSR count). The third-order valence-corrected chi connectivity index (χ3v) is 3.90. The molecule has 2 unspecified atom stereocenters. The summed E-state index contributed by atoms with van der Waals surface area (Å²) in [5.74, 6) is 0. The van der Waals surface area contributed by atoms with Gasteiger partial charge in [-0.05, 0) is 0 Å². The Balaban J connectivity index is 2.24. The smallest absolute Gasteiger partial charge is 0.112 e. The van der Waals surface area contributed by atoms with Crippen LogP contribution in [0.2, 0.25) is 0 Å². The van der Waals surface area contributed by atoms with Gasteiger partial charge in [-0.15, -0.1) is 0 Å². The van der Waals surface area contributed by atoms with Gasteiger partial charge in [-0.25, -0.2) is 0 Å². The van der Waals surface area contributed by atoms with E-state index in [-0.39, 0.29) is 6.10 Å². The molecule has 0 aromatic carbocycles. The van der Waals surface area contributed by atoms with Gasteiger partial charge < -0.3 is 14.6 Å². The first kappa shape index (κ1) is 9.24. The van der Waals surface area contributed by atoms with E-state index in [1.165, 1.54) is 0 Å². The van der Waals surface area contributed by atoms with Gasteiger partial charge >= 0.3 is 0 Å². The summed E-state index contributed by atoms with van der Waals surface area (Å²) >= 11 is 2.22. The Morgan fingerprint density at radius 3 is 3.00 bits per heavy atom. The zero-order valence-corrected chi connectivity index (χ0v) is 8.73. The molecule has 5 heteroatoms. The lowest BCUT2D eigenvalue weighted by molar-refractivity contribution is -0.104. The average molecular weight is 280 g/mol. The normalized spacial score (nSPS) is 52.7. The van der Waals surface area contributed by atoms with Crippen LogP contribution in [0.5, 0.6) is 0 Å². The molecule has 2 aliphatic heterocycles. The van der Waals surface area contributed by atoms with E-state index in [1.54, 1.807) is 0 Å². The number of aliphatic hydroxyl groups is 1. The number of rotatable bonds is 1. The summed E-state index contributed by atoms with van der Waals surface area (Å²) in [6.07, 6.45) is -0.145. The van der Waals surface area contributed by atoms with Gasteiger partial charge in [0, 0.05) is 16.9 Å². The Labute approximate surface area is 86.4 Å². The van der Waals surface area contributed by atoms with Crippen molar-refractivity contribution in [3.05, 3.63) is 0 Å². The molecule has 0 aliphatic carbocycles. The number of halogens is 1. The molecule has 0 spiro atoms. The highest BCUT2D eigenvalue weighted by atomic mass is 127. The van der Waals surface area contributed by atoms with Crippen LogP contribution in [0, 0.1) is 0 Å². The van der Waals surface area contributed by atoms with Gasteiger partial charge in [0.1, 0.15) is 25.7 Å². The van der Waals surface area contributed by atoms with Crippen LogP contribution in [-0.4, -0.2) is 47.8 Å². The number of fused-ring (bicyclic) bond motifs is 2. The average Bonchev–Trinajstić information content (AvgIpc) is 2.23. The van der Waals surface area contributed by atoms with E-state index in [1.807, 2.05) is 0 Å². The maximum absolute atomic E-state index is 9.79. The molecule has 12 heavy (non-hydrogen) atoms. The molecule has 2 saturated heterocycles. The molecule has 2 radical (unpaired) electrons. The van der Waals surface area contributed by atoms with Crippen LogP contribution in [0.15, 0.2) is 0 Å². The van der Waals surface area contributed by atoms with E-state index < -0.39 is 17.7 Å². The highest BCUT2D eigenvalue weighted by Gasteiger charge is 2.55. The topological polar surface area (TPSA) is 38.7 Å². The molecule has 2 heterocycles. The van der Waals surface area contributed by atoms with Gasteiger partial charge in [0.15, 0.2) is 0 Å². The fourth-order valence-corrected chi connectivity index (χ4v) is 2.84. The fraction of sp³-hybridized carbons (Fsp3) is 1.00. The fourth-order valence-electron chi connectivity index (χ4n) is 1.82. The first-order valence-corrected chi connectivity index (χ1v) is 5.51. The quantitative estimate of drug-likeness (QED) is 0.412.